The summed E-state index contributed by atoms with van der Waals surface area (Å²) in [6.07, 6.45) is 0. The average molecular weight is 194 g/mol. The van der Waals surface area contributed by atoms with E-state index in [-0.39, 0.29) is 12.4 Å². The summed E-state index contributed by atoms with van der Waals surface area (Å²) in [5.41, 5.74) is 0. The second-order valence-corrected chi connectivity index (χ2v) is 2.90. The molecule has 1 aromatic carbocycles. The molecule has 0 aliphatic heterocycles. The van der Waals surface area contributed by atoms with Gasteiger partial charge < -0.3 is 9.47 Å². The second kappa shape index (κ2) is 5.27. The van der Waals surface area contributed by atoms with Gasteiger partial charge in [-0.25, -0.2) is 0 Å². The summed E-state index contributed by atoms with van der Waals surface area (Å²) in [5.74, 6) is 1.50. The molecule has 76 valence electrons. The maximum absolute atomic E-state index is 10.6. The quantitative estimate of drug-likeness (QED) is 0.719. The van der Waals surface area contributed by atoms with Gasteiger partial charge in [-0.2, -0.15) is 0 Å². The number of hydrogen-bond acceptors (Lipinski definition) is 3. The van der Waals surface area contributed by atoms with Gasteiger partial charge in [-0.1, -0.05) is 0 Å². The first-order valence-electron chi connectivity index (χ1n) is 4.57. The predicted molar refractivity (Wildman–Crippen MR) is 53.8 cm³/mol. The largest absolute Gasteiger partial charge is 0.494 e. The van der Waals surface area contributed by atoms with Gasteiger partial charge in [-0.3, -0.25) is 4.79 Å². The molecule has 0 N–H and O–H groups in total. The zero-order chi connectivity index (χ0) is 10.4. The van der Waals surface area contributed by atoms with Crippen molar-refractivity contribution in [3.05, 3.63) is 24.3 Å². The number of Topliss-reactive ketones (excluding diaryl/α,β-unsaturated/α-hetero) is 1. The van der Waals surface area contributed by atoms with Crippen molar-refractivity contribution in [3.8, 4) is 11.5 Å². The molecule has 1 aromatic rings. The Morgan fingerprint density at radius 1 is 1.14 bits per heavy atom. The standard InChI is InChI=1S/C11H14O3/c1-3-13-10-4-6-11(7-5-10)14-8-9(2)12/h4-7H,3,8H2,1-2H3. The van der Waals surface area contributed by atoms with E-state index in [9.17, 15) is 4.79 Å². The smallest absolute Gasteiger partial charge is 0.167 e. The molecule has 14 heavy (non-hydrogen) atoms. The minimum absolute atomic E-state index is 0.0129. The first kappa shape index (κ1) is 10.6. The van der Waals surface area contributed by atoms with Crippen molar-refractivity contribution in [1.29, 1.82) is 0 Å². The number of hydrogen-bond donors (Lipinski definition) is 0. The highest BCUT2D eigenvalue weighted by Crippen LogP contribution is 2.17. The molecule has 0 aliphatic carbocycles. The Bertz CT molecular complexity index is 290. The molecule has 0 atom stereocenters. The lowest BCUT2D eigenvalue weighted by Gasteiger charge is -2.05. The van der Waals surface area contributed by atoms with Gasteiger partial charge in [0, 0.05) is 0 Å². The molecule has 0 radical (unpaired) electrons. The van der Waals surface area contributed by atoms with Crippen LogP contribution in [0, 0.1) is 0 Å². The molecule has 1 rings (SSSR count). The average Bonchev–Trinajstić information content (AvgIpc) is 2.17. The fraction of sp³-hybridized carbons (Fsp3) is 0.364. The Balaban J connectivity index is 2.50. The predicted octanol–water partition coefficient (Wildman–Crippen LogP) is 2.05. The Morgan fingerprint density at radius 2 is 1.64 bits per heavy atom. The number of carbonyl (C=O) groups is 1. The van der Waals surface area contributed by atoms with Crippen LogP contribution in [0.3, 0.4) is 0 Å². The van der Waals surface area contributed by atoms with Crippen molar-refractivity contribution < 1.29 is 14.3 Å². The highest BCUT2D eigenvalue weighted by atomic mass is 16.5. The fourth-order valence-corrected chi connectivity index (χ4v) is 0.984. The van der Waals surface area contributed by atoms with E-state index in [1.54, 1.807) is 12.1 Å². The van der Waals surface area contributed by atoms with Crippen LogP contribution in [0.15, 0.2) is 24.3 Å². The topological polar surface area (TPSA) is 35.5 Å². The van der Waals surface area contributed by atoms with E-state index >= 15 is 0 Å². The van der Waals surface area contributed by atoms with Gasteiger partial charge in [-0.05, 0) is 38.1 Å². The normalized spacial score (nSPS) is 9.57. The van der Waals surface area contributed by atoms with Crippen LogP contribution >= 0.6 is 0 Å². The van der Waals surface area contributed by atoms with Gasteiger partial charge in [-0.15, -0.1) is 0 Å². The van der Waals surface area contributed by atoms with E-state index in [0.717, 1.165) is 5.75 Å². The van der Waals surface area contributed by atoms with E-state index in [0.29, 0.717) is 12.4 Å². The van der Waals surface area contributed by atoms with Crippen LogP contribution in [-0.2, 0) is 4.79 Å². The Kier molecular flexibility index (Phi) is 3.98. The highest BCUT2D eigenvalue weighted by Gasteiger charge is 1.97. The first-order valence-corrected chi connectivity index (χ1v) is 4.57. The molecule has 0 fully saturated rings. The first-order chi connectivity index (χ1) is 6.72. The molecular formula is C11H14O3. The maximum Gasteiger partial charge on any atom is 0.167 e. The summed E-state index contributed by atoms with van der Waals surface area (Å²) < 4.78 is 10.5. The maximum atomic E-state index is 10.6. The molecule has 0 aliphatic rings. The summed E-state index contributed by atoms with van der Waals surface area (Å²) in [4.78, 5) is 10.6. The van der Waals surface area contributed by atoms with Crippen LogP contribution < -0.4 is 9.47 Å². The zero-order valence-electron chi connectivity index (χ0n) is 8.45. The van der Waals surface area contributed by atoms with Crippen LogP contribution in [0.5, 0.6) is 11.5 Å². The van der Waals surface area contributed by atoms with Crippen molar-refractivity contribution in [2.75, 3.05) is 13.2 Å². The summed E-state index contributed by atoms with van der Waals surface area (Å²) in [6.45, 7) is 4.19. The number of rotatable bonds is 5. The SMILES string of the molecule is CCOc1ccc(OCC(C)=O)cc1. The zero-order valence-corrected chi connectivity index (χ0v) is 8.45. The van der Waals surface area contributed by atoms with Crippen molar-refractivity contribution >= 4 is 5.78 Å². The molecule has 0 saturated heterocycles. The number of benzene rings is 1. The number of ketones is 1. The molecule has 0 bridgehead atoms. The molecule has 0 aromatic heterocycles. The molecule has 0 heterocycles. The lowest BCUT2D eigenvalue weighted by molar-refractivity contribution is -0.118. The Morgan fingerprint density at radius 3 is 2.07 bits per heavy atom. The van der Waals surface area contributed by atoms with E-state index in [4.69, 9.17) is 9.47 Å². The van der Waals surface area contributed by atoms with Crippen molar-refractivity contribution in [2.24, 2.45) is 0 Å². The van der Waals surface area contributed by atoms with E-state index < -0.39 is 0 Å². The minimum atomic E-state index is 0.0129. The van der Waals surface area contributed by atoms with Gasteiger partial charge in [0.15, 0.2) is 5.78 Å². The molecule has 3 heteroatoms. The Hall–Kier alpha value is -1.51. The molecular weight excluding hydrogens is 180 g/mol. The molecule has 0 saturated carbocycles. The fourth-order valence-electron chi connectivity index (χ4n) is 0.984. The van der Waals surface area contributed by atoms with Gasteiger partial charge in [0.1, 0.15) is 18.1 Å². The van der Waals surface area contributed by atoms with Crippen LogP contribution in [0.1, 0.15) is 13.8 Å². The van der Waals surface area contributed by atoms with E-state index in [1.807, 2.05) is 19.1 Å². The summed E-state index contributed by atoms with van der Waals surface area (Å²) in [7, 11) is 0. The summed E-state index contributed by atoms with van der Waals surface area (Å²) in [6, 6.07) is 7.21. The van der Waals surface area contributed by atoms with E-state index in [2.05, 4.69) is 0 Å². The van der Waals surface area contributed by atoms with Crippen LogP contribution in [0.2, 0.25) is 0 Å². The lowest BCUT2D eigenvalue weighted by Crippen LogP contribution is -2.06. The minimum Gasteiger partial charge on any atom is -0.494 e. The van der Waals surface area contributed by atoms with Crippen molar-refractivity contribution in [3.63, 3.8) is 0 Å². The Labute approximate surface area is 83.6 Å². The van der Waals surface area contributed by atoms with Gasteiger partial charge in [0.2, 0.25) is 0 Å². The van der Waals surface area contributed by atoms with Crippen LogP contribution in [0.4, 0.5) is 0 Å². The van der Waals surface area contributed by atoms with Crippen LogP contribution in [0.25, 0.3) is 0 Å². The molecule has 3 nitrogen and oxygen atoms in total. The van der Waals surface area contributed by atoms with Crippen LogP contribution in [-0.4, -0.2) is 19.0 Å². The third kappa shape index (κ3) is 3.47. The molecule has 0 amide bonds. The van der Waals surface area contributed by atoms with Crippen molar-refractivity contribution in [2.45, 2.75) is 13.8 Å². The summed E-state index contributed by atoms with van der Waals surface area (Å²) >= 11 is 0. The van der Waals surface area contributed by atoms with Gasteiger partial charge in [0.05, 0.1) is 6.61 Å². The summed E-state index contributed by atoms with van der Waals surface area (Å²) in [5, 5.41) is 0. The molecule has 0 spiro atoms. The second-order valence-electron chi connectivity index (χ2n) is 2.90. The highest BCUT2D eigenvalue weighted by molar-refractivity contribution is 5.77. The monoisotopic (exact) mass is 194 g/mol. The lowest BCUT2D eigenvalue weighted by atomic mass is 10.3. The van der Waals surface area contributed by atoms with Crippen molar-refractivity contribution in [1.82, 2.24) is 0 Å². The molecule has 0 unspecified atom stereocenters. The van der Waals surface area contributed by atoms with Gasteiger partial charge in [0.25, 0.3) is 0 Å². The number of carbonyl (C=O) groups excluding carboxylic acids is 1. The van der Waals surface area contributed by atoms with Gasteiger partial charge >= 0.3 is 0 Å². The third-order valence-corrected chi connectivity index (χ3v) is 1.58. The third-order valence-electron chi connectivity index (χ3n) is 1.58. The van der Waals surface area contributed by atoms with E-state index in [1.165, 1.54) is 6.92 Å². The number of ether oxygens (including phenoxy) is 2.